The van der Waals surface area contributed by atoms with Crippen molar-refractivity contribution in [3.8, 4) is 0 Å². The van der Waals surface area contributed by atoms with Gasteiger partial charge >= 0.3 is 0 Å². The van der Waals surface area contributed by atoms with Crippen LogP contribution < -0.4 is 5.73 Å². The fourth-order valence-electron chi connectivity index (χ4n) is 1.55. The minimum absolute atomic E-state index is 0.327. The lowest BCUT2D eigenvalue weighted by molar-refractivity contribution is 0.316. The molecule has 0 bridgehead atoms. The highest BCUT2D eigenvalue weighted by molar-refractivity contribution is 7.98. The number of amidine groups is 1. The number of thioether (sulfide) groups is 1. The zero-order valence-electron chi connectivity index (χ0n) is 10.2. The number of unbranched alkanes of at least 4 members (excludes halogenated alkanes) is 1. The molecule has 0 saturated carbocycles. The molecule has 0 aliphatic carbocycles. The first-order valence-electron chi connectivity index (χ1n) is 5.82. The molecular formula is C13H20N2OS. The maximum absolute atomic E-state index is 8.37. The first-order chi connectivity index (χ1) is 8.22. The minimum Gasteiger partial charge on any atom is -0.409 e. The number of rotatable bonds is 7. The zero-order chi connectivity index (χ0) is 12.5. The molecule has 0 spiro atoms. The average Bonchev–Trinajstić information content (AvgIpc) is 2.33. The van der Waals surface area contributed by atoms with Gasteiger partial charge in [0.05, 0.1) is 0 Å². The molecule has 0 saturated heterocycles. The SMILES string of the molecule is Cc1cccc(CSCCCCC(N)=NO)c1. The highest BCUT2D eigenvalue weighted by Crippen LogP contribution is 2.15. The standard InChI is InChI=1S/C13H20N2OS/c1-11-5-4-6-12(9-11)10-17-8-3-2-7-13(14)15-16/h4-6,9,16H,2-3,7-8,10H2,1H3,(H2,14,15). The summed E-state index contributed by atoms with van der Waals surface area (Å²) in [4.78, 5) is 0. The molecule has 0 fully saturated rings. The van der Waals surface area contributed by atoms with Crippen LogP contribution >= 0.6 is 11.8 Å². The van der Waals surface area contributed by atoms with Crippen LogP contribution in [0.4, 0.5) is 0 Å². The van der Waals surface area contributed by atoms with Crippen LogP contribution in [0.3, 0.4) is 0 Å². The molecule has 0 unspecified atom stereocenters. The Labute approximate surface area is 107 Å². The largest absolute Gasteiger partial charge is 0.409 e. The number of nitrogens with zero attached hydrogens (tertiary/aromatic N) is 1. The van der Waals surface area contributed by atoms with Gasteiger partial charge in [0.1, 0.15) is 5.84 Å². The first kappa shape index (κ1) is 13.9. The molecule has 94 valence electrons. The predicted molar refractivity (Wildman–Crippen MR) is 74.6 cm³/mol. The van der Waals surface area contributed by atoms with Crippen LogP contribution in [0.2, 0.25) is 0 Å². The van der Waals surface area contributed by atoms with Crippen molar-refractivity contribution < 1.29 is 5.21 Å². The number of nitrogens with two attached hydrogens (primary N) is 1. The fourth-order valence-corrected chi connectivity index (χ4v) is 2.52. The summed E-state index contributed by atoms with van der Waals surface area (Å²) in [5.41, 5.74) is 8.08. The van der Waals surface area contributed by atoms with Crippen LogP contribution in [0.15, 0.2) is 29.4 Å². The molecule has 0 aromatic heterocycles. The quantitative estimate of drug-likeness (QED) is 0.258. The smallest absolute Gasteiger partial charge is 0.139 e. The molecular weight excluding hydrogens is 232 g/mol. The fraction of sp³-hybridized carbons (Fsp3) is 0.462. The van der Waals surface area contributed by atoms with Crippen molar-refractivity contribution in [3.05, 3.63) is 35.4 Å². The highest BCUT2D eigenvalue weighted by atomic mass is 32.2. The Morgan fingerprint density at radius 2 is 2.24 bits per heavy atom. The summed E-state index contributed by atoms with van der Waals surface area (Å²) >= 11 is 1.93. The Bertz CT molecular complexity index is 366. The maximum atomic E-state index is 8.37. The van der Waals surface area contributed by atoms with Crippen LogP contribution in [-0.4, -0.2) is 16.8 Å². The van der Waals surface area contributed by atoms with Crippen LogP contribution in [0, 0.1) is 6.92 Å². The van der Waals surface area contributed by atoms with Gasteiger partial charge in [-0.3, -0.25) is 0 Å². The predicted octanol–water partition coefficient (Wildman–Crippen LogP) is 3.14. The summed E-state index contributed by atoms with van der Waals surface area (Å²) in [5, 5.41) is 11.3. The van der Waals surface area contributed by atoms with E-state index in [2.05, 4.69) is 36.3 Å². The molecule has 0 heterocycles. The molecule has 4 heteroatoms. The Morgan fingerprint density at radius 3 is 2.94 bits per heavy atom. The van der Waals surface area contributed by atoms with Gasteiger partial charge in [0.2, 0.25) is 0 Å². The molecule has 0 radical (unpaired) electrons. The Kier molecular flexibility index (Phi) is 6.55. The van der Waals surface area contributed by atoms with Gasteiger partial charge in [-0.15, -0.1) is 0 Å². The first-order valence-corrected chi connectivity index (χ1v) is 6.97. The third kappa shape index (κ3) is 6.22. The summed E-state index contributed by atoms with van der Waals surface area (Å²) in [7, 11) is 0. The van der Waals surface area contributed by atoms with Crippen LogP contribution in [0.5, 0.6) is 0 Å². The van der Waals surface area contributed by atoms with Gasteiger partial charge in [0.25, 0.3) is 0 Å². The van der Waals surface area contributed by atoms with E-state index in [4.69, 9.17) is 10.9 Å². The molecule has 17 heavy (non-hydrogen) atoms. The third-order valence-corrected chi connectivity index (χ3v) is 3.57. The van der Waals surface area contributed by atoms with Gasteiger partial charge in [0, 0.05) is 12.2 Å². The number of hydrogen-bond donors (Lipinski definition) is 2. The molecule has 3 nitrogen and oxygen atoms in total. The van der Waals surface area contributed by atoms with E-state index in [1.54, 1.807) is 0 Å². The normalized spacial score (nSPS) is 11.7. The molecule has 0 aliphatic rings. The van der Waals surface area contributed by atoms with Gasteiger partial charge in [-0.05, 0) is 31.1 Å². The van der Waals surface area contributed by atoms with Gasteiger partial charge in [-0.25, -0.2) is 0 Å². The number of aryl methyl sites for hydroxylation is 1. The zero-order valence-corrected chi connectivity index (χ0v) is 11.0. The summed E-state index contributed by atoms with van der Waals surface area (Å²) in [6.07, 6.45) is 2.77. The van der Waals surface area contributed by atoms with Crippen molar-refractivity contribution in [3.63, 3.8) is 0 Å². The molecule has 1 rings (SSSR count). The second-order valence-electron chi connectivity index (χ2n) is 4.09. The number of oxime groups is 1. The second-order valence-corrected chi connectivity index (χ2v) is 5.20. The van der Waals surface area contributed by atoms with E-state index in [-0.39, 0.29) is 0 Å². The van der Waals surface area contributed by atoms with Crippen molar-refractivity contribution in [2.45, 2.75) is 31.9 Å². The average molecular weight is 252 g/mol. The molecule has 0 atom stereocenters. The van der Waals surface area contributed by atoms with E-state index in [0.29, 0.717) is 12.3 Å². The summed E-state index contributed by atoms with van der Waals surface area (Å²) in [5.74, 6) is 2.51. The van der Waals surface area contributed by atoms with Gasteiger partial charge in [-0.2, -0.15) is 11.8 Å². The van der Waals surface area contributed by atoms with Crippen molar-refractivity contribution in [1.29, 1.82) is 0 Å². The minimum atomic E-state index is 0.327. The van der Waals surface area contributed by atoms with Gasteiger partial charge < -0.3 is 10.9 Å². The lowest BCUT2D eigenvalue weighted by atomic mass is 10.2. The number of benzene rings is 1. The van der Waals surface area contributed by atoms with E-state index in [1.807, 2.05) is 11.8 Å². The highest BCUT2D eigenvalue weighted by Gasteiger charge is 1.96. The lowest BCUT2D eigenvalue weighted by Crippen LogP contribution is -2.10. The summed E-state index contributed by atoms with van der Waals surface area (Å²) in [6, 6.07) is 8.61. The molecule has 1 aromatic carbocycles. The van der Waals surface area contributed by atoms with E-state index in [0.717, 1.165) is 24.3 Å². The van der Waals surface area contributed by atoms with Crippen molar-refractivity contribution >= 4 is 17.6 Å². The monoisotopic (exact) mass is 252 g/mol. The molecule has 0 aliphatic heterocycles. The van der Waals surface area contributed by atoms with Gasteiger partial charge in [-0.1, -0.05) is 35.0 Å². The van der Waals surface area contributed by atoms with Crippen molar-refractivity contribution in [2.24, 2.45) is 10.9 Å². The lowest BCUT2D eigenvalue weighted by Gasteiger charge is -2.03. The van der Waals surface area contributed by atoms with Crippen LogP contribution in [0.25, 0.3) is 0 Å². The van der Waals surface area contributed by atoms with E-state index in [9.17, 15) is 0 Å². The number of hydrogen-bond acceptors (Lipinski definition) is 3. The summed E-state index contributed by atoms with van der Waals surface area (Å²) < 4.78 is 0. The van der Waals surface area contributed by atoms with Crippen LogP contribution in [-0.2, 0) is 5.75 Å². The van der Waals surface area contributed by atoms with E-state index < -0.39 is 0 Å². The Hall–Kier alpha value is -1.16. The molecule has 1 aromatic rings. The van der Waals surface area contributed by atoms with Crippen LogP contribution in [0.1, 0.15) is 30.4 Å². The Morgan fingerprint density at radius 1 is 1.41 bits per heavy atom. The van der Waals surface area contributed by atoms with E-state index in [1.165, 1.54) is 11.1 Å². The summed E-state index contributed by atoms with van der Waals surface area (Å²) in [6.45, 7) is 2.12. The Balaban J connectivity index is 2.08. The maximum Gasteiger partial charge on any atom is 0.139 e. The third-order valence-electron chi connectivity index (χ3n) is 2.45. The second kappa shape index (κ2) is 8.01. The topological polar surface area (TPSA) is 58.6 Å². The molecule has 0 amide bonds. The van der Waals surface area contributed by atoms with Gasteiger partial charge in [0.15, 0.2) is 0 Å². The van der Waals surface area contributed by atoms with Crippen molar-refractivity contribution in [1.82, 2.24) is 0 Å². The van der Waals surface area contributed by atoms with E-state index >= 15 is 0 Å². The molecule has 3 N–H and O–H groups in total. The van der Waals surface area contributed by atoms with Crippen molar-refractivity contribution in [2.75, 3.05) is 5.75 Å².